The Balaban J connectivity index is 1.56. The lowest BCUT2D eigenvalue weighted by molar-refractivity contribution is 0.0148. The average Bonchev–Trinajstić information content (AvgIpc) is 3.45. The molecule has 0 aliphatic heterocycles. The lowest BCUT2D eigenvalue weighted by Gasteiger charge is -2.39. The van der Waals surface area contributed by atoms with Gasteiger partial charge in [-0.2, -0.15) is 0 Å². The van der Waals surface area contributed by atoms with Gasteiger partial charge in [0.15, 0.2) is 11.5 Å². The molecular formula is C23H23N5O. The summed E-state index contributed by atoms with van der Waals surface area (Å²) in [6.45, 7) is 0. The summed E-state index contributed by atoms with van der Waals surface area (Å²) in [5, 5.41) is 15.8. The lowest BCUT2D eigenvalue weighted by Crippen LogP contribution is -2.43. The first-order chi connectivity index (χ1) is 14.3. The van der Waals surface area contributed by atoms with Crippen LogP contribution in [0.25, 0.3) is 11.2 Å². The number of rotatable bonds is 5. The number of hydrogen-bond acceptors (Lipinski definition) is 5. The van der Waals surface area contributed by atoms with Crippen LogP contribution in [0.5, 0.6) is 0 Å². The third kappa shape index (κ3) is 3.06. The fraction of sp³-hybridized carbons (Fsp3) is 0.261. The van der Waals surface area contributed by atoms with E-state index in [9.17, 15) is 5.11 Å². The first kappa shape index (κ1) is 17.8. The highest BCUT2D eigenvalue weighted by Gasteiger charge is 2.46. The molecule has 2 atom stereocenters. The first-order valence-electron chi connectivity index (χ1n) is 10.0. The van der Waals surface area contributed by atoms with Crippen LogP contribution in [0.2, 0.25) is 0 Å². The van der Waals surface area contributed by atoms with E-state index in [2.05, 4.69) is 25.3 Å². The normalized spacial score (nSPS) is 19.5. The van der Waals surface area contributed by atoms with Gasteiger partial charge in [0.1, 0.15) is 17.4 Å². The van der Waals surface area contributed by atoms with E-state index in [1.165, 1.54) is 6.33 Å². The van der Waals surface area contributed by atoms with Crippen LogP contribution in [-0.2, 0) is 5.60 Å². The van der Waals surface area contributed by atoms with Crippen LogP contribution in [0.15, 0.2) is 73.3 Å². The number of aliphatic hydroxyl groups is 1. The Morgan fingerprint density at radius 2 is 1.59 bits per heavy atom. The first-order valence-corrected chi connectivity index (χ1v) is 10.0. The van der Waals surface area contributed by atoms with E-state index in [0.29, 0.717) is 5.65 Å². The summed E-state index contributed by atoms with van der Waals surface area (Å²) in [6.07, 6.45) is 6.08. The summed E-state index contributed by atoms with van der Waals surface area (Å²) in [5.41, 5.74) is 2.18. The molecule has 6 nitrogen and oxygen atoms in total. The molecule has 0 radical (unpaired) electrons. The smallest absolute Gasteiger partial charge is 0.182 e. The van der Waals surface area contributed by atoms with Gasteiger partial charge in [-0.05, 0) is 24.0 Å². The minimum Gasteiger partial charge on any atom is -0.380 e. The van der Waals surface area contributed by atoms with Crippen molar-refractivity contribution in [2.24, 2.45) is 5.92 Å². The van der Waals surface area contributed by atoms with Crippen molar-refractivity contribution in [2.75, 3.05) is 5.32 Å². The molecule has 0 bridgehead atoms. The summed E-state index contributed by atoms with van der Waals surface area (Å²) in [6, 6.07) is 20.0. The molecule has 5 rings (SSSR count). The number of fused-ring (bicyclic) bond motifs is 1. The van der Waals surface area contributed by atoms with Gasteiger partial charge in [-0.1, -0.05) is 67.1 Å². The molecule has 1 aliphatic rings. The second-order valence-electron chi connectivity index (χ2n) is 7.61. The van der Waals surface area contributed by atoms with E-state index in [-0.39, 0.29) is 12.0 Å². The van der Waals surface area contributed by atoms with Crippen molar-refractivity contribution in [3.8, 4) is 0 Å². The number of imidazole rings is 1. The Morgan fingerprint density at radius 3 is 2.28 bits per heavy atom. The molecule has 6 heteroatoms. The number of benzene rings is 2. The fourth-order valence-corrected chi connectivity index (χ4v) is 4.66. The van der Waals surface area contributed by atoms with Crippen molar-refractivity contribution in [1.82, 2.24) is 19.9 Å². The van der Waals surface area contributed by atoms with Gasteiger partial charge in [0.25, 0.3) is 0 Å². The molecular weight excluding hydrogens is 362 g/mol. The van der Waals surface area contributed by atoms with Crippen molar-refractivity contribution >= 4 is 17.0 Å². The summed E-state index contributed by atoms with van der Waals surface area (Å²) >= 11 is 0. The van der Waals surface area contributed by atoms with E-state index in [4.69, 9.17) is 0 Å². The molecule has 2 unspecified atom stereocenters. The fourth-order valence-electron chi connectivity index (χ4n) is 4.66. The molecule has 2 aromatic heterocycles. The van der Waals surface area contributed by atoms with E-state index >= 15 is 0 Å². The third-order valence-electron chi connectivity index (χ3n) is 6.03. The predicted octanol–water partition coefficient (Wildman–Crippen LogP) is 3.87. The second-order valence-corrected chi connectivity index (χ2v) is 7.61. The molecule has 2 heterocycles. The molecule has 2 aromatic carbocycles. The zero-order chi connectivity index (χ0) is 19.7. The molecule has 1 aliphatic carbocycles. The average molecular weight is 385 g/mol. The van der Waals surface area contributed by atoms with Gasteiger partial charge in [-0.25, -0.2) is 15.0 Å². The van der Waals surface area contributed by atoms with Crippen LogP contribution in [0, 0.1) is 5.92 Å². The number of hydrogen-bond donors (Lipinski definition) is 3. The zero-order valence-electron chi connectivity index (χ0n) is 16.0. The molecule has 0 saturated heterocycles. The van der Waals surface area contributed by atoms with E-state index in [1.54, 1.807) is 6.33 Å². The van der Waals surface area contributed by atoms with Gasteiger partial charge in [0, 0.05) is 12.0 Å². The summed E-state index contributed by atoms with van der Waals surface area (Å²) in [7, 11) is 0. The van der Waals surface area contributed by atoms with Crippen molar-refractivity contribution in [3.63, 3.8) is 0 Å². The zero-order valence-corrected chi connectivity index (χ0v) is 16.0. The predicted molar refractivity (Wildman–Crippen MR) is 112 cm³/mol. The molecule has 1 saturated carbocycles. The molecule has 3 N–H and O–H groups in total. The van der Waals surface area contributed by atoms with Gasteiger partial charge >= 0.3 is 0 Å². The van der Waals surface area contributed by atoms with Crippen molar-refractivity contribution in [1.29, 1.82) is 0 Å². The SMILES string of the molecule is OC(c1ccccc1)(c1ccccc1)C1CCCC1Nc1ncnc2nc[nH]c12. The van der Waals surface area contributed by atoms with Crippen LogP contribution in [0.1, 0.15) is 30.4 Å². The summed E-state index contributed by atoms with van der Waals surface area (Å²) in [4.78, 5) is 16.0. The minimum atomic E-state index is -1.09. The monoisotopic (exact) mass is 385 g/mol. The maximum absolute atomic E-state index is 12.2. The topological polar surface area (TPSA) is 86.7 Å². The van der Waals surface area contributed by atoms with Gasteiger partial charge in [-0.3, -0.25) is 0 Å². The van der Waals surface area contributed by atoms with Crippen LogP contribution in [0.4, 0.5) is 5.82 Å². The Hall–Kier alpha value is -3.25. The Morgan fingerprint density at radius 1 is 0.897 bits per heavy atom. The standard InChI is InChI=1S/C23H23N5O/c29-23(16-8-3-1-4-9-16,17-10-5-2-6-11-17)18-12-7-13-19(18)28-22-20-21(25-14-24-20)26-15-27-22/h1-6,8-11,14-15,18-19,29H,7,12-13H2,(H2,24,25,26,27,28). The molecule has 29 heavy (non-hydrogen) atoms. The van der Waals surface area contributed by atoms with Crippen LogP contribution >= 0.6 is 0 Å². The van der Waals surface area contributed by atoms with E-state index in [1.807, 2.05) is 60.7 Å². The minimum absolute atomic E-state index is 0.000219. The summed E-state index contributed by atoms with van der Waals surface area (Å²) < 4.78 is 0. The quantitative estimate of drug-likeness (QED) is 0.485. The Kier molecular flexibility index (Phi) is 4.48. The van der Waals surface area contributed by atoms with Gasteiger partial charge in [0.2, 0.25) is 0 Å². The van der Waals surface area contributed by atoms with Crippen LogP contribution in [0.3, 0.4) is 0 Å². The number of aromatic nitrogens is 4. The van der Waals surface area contributed by atoms with Crippen molar-refractivity contribution in [2.45, 2.75) is 30.9 Å². The van der Waals surface area contributed by atoms with E-state index < -0.39 is 5.60 Å². The second kappa shape index (κ2) is 7.29. The highest BCUT2D eigenvalue weighted by atomic mass is 16.3. The highest BCUT2D eigenvalue weighted by molar-refractivity contribution is 5.82. The Labute approximate surface area is 169 Å². The maximum atomic E-state index is 12.2. The number of nitrogens with one attached hydrogen (secondary N) is 2. The van der Waals surface area contributed by atoms with Crippen LogP contribution < -0.4 is 5.32 Å². The number of nitrogens with zero attached hydrogens (tertiary/aromatic N) is 3. The van der Waals surface area contributed by atoms with Gasteiger partial charge < -0.3 is 15.4 Å². The lowest BCUT2D eigenvalue weighted by atomic mass is 9.73. The van der Waals surface area contributed by atoms with Gasteiger partial charge in [-0.15, -0.1) is 0 Å². The third-order valence-corrected chi connectivity index (χ3v) is 6.03. The molecule has 146 valence electrons. The molecule has 0 amide bonds. The van der Waals surface area contributed by atoms with Crippen molar-refractivity contribution < 1.29 is 5.11 Å². The van der Waals surface area contributed by atoms with E-state index in [0.717, 1.165) is 41.7 Å². The van der Waals surface area contributed by atoms with Gasteiger partial charge in [0.05, 0.1) is 6.33 Å². The summed E-state index contributed by atoms with van der Waals surface area (Å²) in [5.74, 6) is 0.730. The molecule has 1 fully saturated rings. The van der Waals surface area contributed by atoms with Crippen LogP contribution in [-0.4, -0.2) is 31.1 Å². The Bertz CT molecular complexity index is 1060. The molecule has 4 aromatic rings. The number of anilines is 1. The highest BCUT2D eigenvalue weighted by Crippen LogP contribution is 2.46. The molecule has 0 spiro atoms. The van der Waals surface area contributed by atoms with Crippen molar-refractivity contribution in [3.05, 3.63) is 84.4 Å². The number of aromatic amines is 1. The maximum Gasteiger partial charge on any atom is 0.182 e. The number of H-pyrrole nitrogens is 1. The largest absolute Gasteiger partial charge is 0.380 e.